The summed E-state index contributed by atoms with van der Waals surface area (Å²) < 4.78 is 0. The van der Waals surface area contributed by atoms with Crippen LogP contribution in [0.25, 0.3) is 10.8 Å². The van der Waals surface area contributed by atoms with Crippen LogP contribution in [0.2, 0.25) is 0 Å². The first-order valence-corrected chi connectivity index (χ1v) is 7.97. The van der Waals surface area contributed by atoms with Gasteiger partial charge >= 0.3 is 0 Å². The van der Waals surface area contributed by atoms with Crippen LogP contribution in [0.4, 0.5) is 11.4 Å². The lowest BCUT2D eigenvalue weighted by Gasteiger charge is -2.18. The summed E-state index contributed by atoms with van der Waals surface area (Å²) in [4.78, 5) is 6.73. The first-order valence-electron chi connectivity index (χ1n) is 7.97. The molecule has 23 heavy (non-hydrogen) atoms. The summed E-state index contributed by atoms with van der Waals surface area (Å²) in [5.74, 6) is 0.543. The zero-order valence-electron chi connectivity index (χ0n) is 13.2. The third-order valence-electron chi connectivity index (χ3n) is 4.43. The highest BCUT2D eigenvalue weighted by molar-refractivity contribution is 6.09. The normalized spacial score (nSPS) is 13.8. The summed E-state index contributed by atoms with van der Waals surface area (Å²) in [6, 6.07) is 21.0. The number of aliphatic imine (C=N–C) groups is 1. The van der Waals surface area contributed by atoms with Gasteiger partial charge in [0.1, 0.15) is 0 Å². The fraction of sp³-hybridized carbons (Fsp3) is 0.150. The van der Waals surface area contributed by atoms with Crippen LogP contribution in [0.15, 0.2) is 65.7 Å². The lowest BCUT2D eigenvalue weighted by Crippen LogP contribution is -2.34. The molecule has 0 saturated carbocycles. The Hall–Kier alpha value is -2.81. The third-order valence-corrected chi connectivity index (χ3v) is 4.43. The molecular formula is C20H19N3. The molecule has 3 heteroatoms. The van der Waals surface area contributed by atoms with E-state index in [0.717, 1.165) is 24.3 Å². The van der Waals surface area contributed by atoms with Crippen LogP contribution in [-0.2, 0) is 13.0 Å². The maximum absolute atomic E-state index is 6.33. The Morgan fingerprint density at radius 3 is 2.70 bits per heavy atom. The lowest BCUT2D eigenvalue weighted by atomic mass is 10.1. The minimum absolute atomic E-state index is 0.543. The molecule has 0 aliphatic carbocycles. The van der Waals surface area contributed by atoms with E-state index < -0.39 is 0 Å². The topological polar surface area (TPSA) is 41.6 Å². The molecule has 1 heterocycles. The number of nitrogens with zero attached hydrogens (tertiary/aromatic N) is 2. The van der Waals surface area contributed by atoms with Gasteiger partial charge in [-0.05, 0) is 41.1 Å². The Labute approximate surface area is 136 Å². The van der Waals surface area contributed by atoms with Crippen LogP contribution in [0, 0.1) is 0 Å². The zero-order chi connectivity index (χ0) is 15.8. The van der Waals surface area contributed by atoms with Gasteiger partial charge in [0.2, 0.25) is 5.96 Å². The monoisotopic (exact) mass is 301 g/mol. The Bertz CT molecular complexity index is 906. The van der Waals surface area contributed by atoms with E-state index in [1.165, 1.54) is 21.9 Å². The van der Waals surface area contributed by atoms with Gasteiger partial charge in [0.05, 0.1) is 17.9 Å². The summed E-state index contributed by atoms with van der Waals surface area (Å²) >= 11 is 0. The molecule has 3 nitrogen and oxygen atoms in total. The molecule has 0 atom stereocenters. The third kappa shape index (κ3) is 2.34. The van der Waals surface area contributed by atoms with Crippen LogP contribution in [0.3, 0.4) is 0 Å². The van der Waals surface area contributed by atoms with Crippen molar-refractivity contribution in [2.45, 2.75) is 19.9 Å². The Balaban J connectivity index is 1.75. The molecule has 0 spiro atoms. The fourth-order valence-electron chi connectivity index (χ4n) is 3.25. The van der Waals surface area contributed by atoms with Crippen LogP contribution in [0.5, 0.6) is 0 Å². The Kier molecular flexibility index (Phi) is 3.27. The SMILES string of the molecule is CCc1cccc(N=C(N)N2Cc3cccc4cccc2c34)c1. The first-order chi connectivity index (χ1) is 11.3. The highest BCUT2D eigenvalue weighted by Crippen LogP contribution is 2.37. The van der Waals surface area contributed by atoms with E-state index in [4.69, 9.17) is 5.73 Å². The van der Waals surface area contributed by atoms with Gasteiger partial charge < -0.3 is 10.6 Å². The van der Waals surface area contributed by atoms with E-state index in [9.17, 15) is 0 Å². The number of nitrogens with two attached hydrogens (primary N) is 1. The molecule has 2 N–H and O–H groups in total. The van der Waals surface area contributed by atoms with Crippen LogP contribution >= 0.6 is 0 Å². The van der Waals surface area contributed by atoms with Gasteiger partial charge in [-0.25, -0.2) is 4.99 Å². The van der Waals surface area contributed by atoms with Gasteiger partial charge in [0.15, 0.2) is 0 Å². The number of benzene rings is 3. The molecule has 1 aliphatic rings. The highest BCUT2D eigenvalue weighted by Gasteiger charge is 2.23. The lowest BCUT2D eigenvalue weighted by molar-refractivity contribution is 1.04. The predicted octanol–water partition coefficient (Wildman–Crippen LogP) is 4.37. The maximum Gasteiger partial charge on any atom is 0.201 e. The number of hydrogen-bond acceptors (Lipinski definition) is 1. The van der Waals surface area contributed by atoms with E-state index in [0.29, 0.717) is 5.96 Å². The molecule has 0 aromatic heterocycles. The van der Waals surface area contributed by atoms with Crippen molar-refractivity contribution >= 4 is 28.1 Å². The molecule has 0 amide bonds. The minimum Gasteiger partial charge on any atom is -0.369 e. The van der Waals surface area contributed by atoms with Gasteiger partial charge in [-0.3, -0.25) is 0 Å². The van der Waals surface area contributed by atoms with E-state index in [-0.39, 0.29) is 0 Å². The number of anilines is 1. The second kappa shape index (κ2) is 5.43. The summed E-state index contributed by atoms with van der Waals surface area (Å²) in [7, 11) is 0. The summed E-state index contributed by atoms with van der Waals surface area (Å²) in [6.45, 7) is 2.92. The van der Waals surface area contributed by atoms with E-state index in [1.54, 1.807) is 0 Å². The molecule has 3 aromatic carbocycles. The Morgan fingerprint density at radius 2 is 1.87 bits per heavy atom. The minimum atomic E-state index is 0.543. The average Bonchev–Trinajstić information content (AvgIpc) is 2.96. The fourth-order valence-corrected chi connectivity index (χ4v) is 3.25. The van der Waals surface area contributed by atoms with Crippen molar-refractivity contribution in [1.82, 2.24) is 0 Å². The van der Waals surface area contributed by atoms with Crippen molar-refractivity contribution in [3.8, 4) is 0 Å². The zero-order valence-corrected chi connectivity index (χ0v) is 13.2. The van der Waals surface area contributed by atoms with Gasteiger partial charge in [-0.1, -0.05) is 49.4 Å². The van der Waals surface area contributed by atoms with Crippen LogP contribution in [0.1, 0.15) is 18.1 Å². The number of rotatable bonds is 2. The molecule has 114 valence electrons. The first kappa shape index (κ1) is 13.8. The van der Waals surface area contributed by atoms with Crippen molar-refractivity contribution in [3.05, 3.63) is 71.8 Å². The summed E-state index contributed by atoms with van der Waals surface area (Å²) in [5, 5.41) is 2.54. The number of hydrogen-bond donors (Lipinski definition) is 1. The molecule has 1 aliphatic heterocycles. The quantitative estimate of drug-likeness (QED) is 0.564. The van der Waals surface area contributed by atoms with Gasteiger partial charge in [-0.2, -0.15) is 0 Å². The molecule has 0 bridgehead atoms. The van der Waals surface area contributed by atoms with Gasteiger partial charge in [-0.15, -0.1) is 0 Å². The summed E-state index contributed by atoms with van der Waals surface area (Å²) in [5.41, 5.74) is 11.0. The molecule has 0 radical (unpaired) electrons. The van der Waals surface area contributed by atoms with Gasteiger partial charge in [0, 0.05) is 5.39 Å². The largest absolute Gasteiger partial charge is 0.369 e. The molecule has 4 rings (SSSR count). The smallest absolute Gasteiger partial charge is 0.201 e. The predicted molar refractivity (Wildman–Crippen MR) is 97.2 cm³/mol. The molecule has 0 unspecified atom stereocenters. The standard InChI is InChI=1S/C20H19N3/c1-2-14-6-3-10-17(12-14)22-20(21)23-13-16-9-4-7-15-8-5-11-18(23)19(15)16/h3-12H,2,13H2,1H3,(H2,21,22). The van der Waals surface area contributed by atoms with Crippen molar-refractivity contribution in [2.24, 2.45) is 10.7 Å². The van der Waals surface area contributed by atoms with Crippen molar-refractivity contribution < 1.29 is 0 Å². The van der Waals surface area contributed by atoms with Gasteiger partial charge in [0.25, 0.3) is 0 Å². The maximum atomic E-state index is 6.33. The second-order valence-electron chi connectivity index (χ2n) is 5.87. The second-order valence-corrected chi connectivity index (χ2v) is 5.87. The summed E-state index contributed by atoms with van der Waals surface area (Å²) in [6.07, 6.45) is 0.998. The molecule has 3 aromatic rings. The van der Waals surface area contributed by atoms with Crippen LogP contribution < -0.4 is 10.6 Å². The van der Waals surface area contributed by atoms with Crippen LogP contribution in [-0.4, -0.2) is 5.96 Å². The molecular weight excluding hydrogens is 282 g/mol. The number of guanidine groups is 1. The molecule has 0 fully saturated rings. The average molecular weight is 301 g/mol. The van der Waals surface area contributed by atoms with Crippen molar-refractivity contribution in [1.29, 1.82) is 0 Å². The molecule has 0 saturated heterocycles. The Morgan fingerprint density at radius 1 is 1.09 bits per heavy atom. The van der Waals surface area contributed by atoms with E-state index in [2.05, 4.69) is 65.3 Å². The van der Waals surface area contributed by atoms with E-state index in [1.807, 2.05) is 12.1 Å². The van der Waals surface area contributed by atoms with E-state index >= 15 is 0 Å². The number of aryl methyl sites for hydroxylation is 1. The van der Waals surface area contributed by atoms with Crippen molar-refractivity contribution in [2.75, 3.05) is 4.90 Å². The van der Waals surface area contributed by atoms with Crippen molar-refractivity contribution in [3.63, 3.8) is 0 Å². The highest BCUT2D eigenvalue weighted by atomic mass is 15.3.